The highest BCUT2D eigenvalue weighted by atomic mass is 35.5. The van der Waals surface area contributed by atoms with E-state index >= 15 is 0 Å². The minimum absolute atomic E-state index is 0. The summed E-state index contributed by atoms with van der Waals surface area (Å²) in [5, 5.41) is 9.60. The van der Waals surface area contributed by atoms with E-state index in [-0.39, 0.29) is 18.4 Å². The number of hydrogen-bond acceptors (Lipinski definition) is 8. The Kier molecular flexibility index (Phi) is 7.85. The first-order chi connectivity index (χ1) is 13.6. The van der Waals surface area contributed by atoms with Gasteiger partial charge in [0.15, 0.2) is 0 Å². The Hall–Kier alpha value is -3.26. The highest BCUT2D eigenvalue weighted by Crippen LogP contribution is 2.22. The summed E-state index contributed by atoms with van der Waals surface area (Å²) in [6, 6.07) is 15.2. The molecule has 0 amide bonds. The van der Waals surface area contributed by atoms with Crippen molar-refractivity contribution in [2.75, 3.05) is 30.2 Å². The molecular formula is C20H25ClN6O2. The monoisotopic (exact) mass is 416 g/mol. The van der Waals surface area contributed by atoms with Crippen LogP contribution in [0.15, 0.2) is 48.5 Å². The number of methoxy groups -OCH3 is 2. The summed E-state index contributed by atoms with van der Waals surface area (Å²) in [7, 11) is 3.27. The van der Waals surface area contributed by atoms with Gasteiger partial charge in [-0.2, -0.15) is 15.0 Å². The van der Waals surface area contributed by atoms with E-state index in [2.05, 4.69) is 30.9 Å². The van der Waals surface area contributed by atoms with E-state index in [1.54, 1.807) is 14.2 Å². The summed E-state index contributed by atoms with van der Waals surface area (Å²) >= 11 is 0. The van der Waals surface area contributed by atoms with Crippen LogP contribution in [0.2, 0.25) is 0 Å². The van der Waals surface area contributed by atoms with E-state index in [0.717, 1.165) is 22.9 Å². The zero-order chi connectivity index (χ0) is 19.9. The number of rotatable bonds is 8. The summed E-state index contributed by atoms with van der Waals surface area (Å²) in [5.41, 5.74) is 1.69. The first-order valence-corrected chi connectivity index (χ1v) is 8.90. The highest BCUT2D eigenvalue weighted by Gasteiger charge is 2.09. The van der Waals surface area contributed by atoms with Crippen LogP contribution in [0.5, 0.6) is 11.5 Å². The lowest BCUT2D eigenvalue weighted by atomic mass is 10.3. The van der Waals surface area contributed by atoms with Crippen molar-refractivity contribution in [3.05, 3.63) is 48.5 Å². The van der Waals surface area contributed by atoms with E-state index in [0.29, 0.717) is 17.8 Å². The van der Waals surface area contributed by atoms with Gasteiger partial charge in [0, 0.05) is 17.4 Å². The van der Waals surface area contributed by atoms with Gasteiger partial charge in [-0.1, -0.05) is 0 Å². The van der Waals surface area contributed by atoms with Crippen molar-refractivity contribution in [3.8, 4) is 11.5 Å². The molecule has 0 bridgehead atoms. The maximum absolute atomic E-state index is 5.19. The Morgan fingerprint density at radius 2 is 1.03 bits per heavy atom. The normalized spacial score (nSPS) is 10.1. The van der Waals surface area contributed by atoms with Crippen molar-refractivity contribution in [3.63, 3.8) is 0 Å². The fraction of sp³-hybridized carbons (Fsp3) is 0.250. The third kappa shape index (κ3) is 6.39. The van der Waals surface area contributed by atoms with Gasteiger partial charge in [-0.3, -0.25) is 0 Å². The second kappa shape index (κ2) is 10.3. The minimum atomic E-state index is 0. The predicted octanol–water partition coefficient (Wildman–Crippen LogP) is 4.62. The SMILES string of the molecule is COc1ccc(Nc2nc(Nc3ccc(OC)cc3)nc(NC(C)C)n2)cc1.Cl. The summed E-state index contributed by atoms with van der Waals surface area (Å²) < 4.78 is 10.4. The number of nitrogens with one attached hydrogen (secondary N) is 3. The first-order valence-electron chi connectivity index (χ1n) is 8.90. The van der Waals surface area contributed by atoms with E-state index < -0.39 is 0 Å². The third-order valence-electron chi connectivity index (χ3n) is 3.75. The van der Waals surface area contributed by atoms with Gasteiger partial charge in [0.1, 0.15) is 11.5 Å². The van der Waals surface area contributed by atoms with Crippen molar-refractivity contribution in [2.24, 2.45) is 0 Å². The number of aromatic nitrogens is 3. The molecule has 8 nitrogen and oxygen atoms in total. The van der Waals surface area contributed by atoms with Gasteiger partial charge in [0.05, 0.1) is 14.2 Å². The van der Waals surface area contributed by atoms with Gasteiger partial charge in [-0.05, 0) is 62.4 Å². The molecule has 3 aromatic rings. The molecule has 154 valence electrons. The molecule has 1 heterocycles. The van der Waals surface area contributed by atoms with Gasteiger partial charge >= 0.3 is 0 Å². The van der Waals surface area contributed by atoms with Crippen LogP contribution in [-0.4, -0.2) is 35.2 Å². The molecule has 29 heavy (non-hydrogen) atoms. The quantitative estimate of drug-likeness (QED) is 0.489. The molecule has 0 fully saturated rings. The van der Waals surface area contributed by atoms with Crippen LogP contribution >= 0.6 is 12.4 Å². The van der Waals surface area contributed by atoms with E-state index in [9.17, 15) is 0 Å². The topological polar surface area (TPSA) is 93.2 Å². The number of benzene rings is 2. The van der Waals surface area contributed by atoms with Crippen LogP contribution < -0.4 is 25.4 Å². The van der Waals surface area contributed by atoms with E-state index in [1.165, 1.54) is 0 Å². The van der Waals surface area contributed by atoms with Crippen molar-refractivity contribution in [2.45, 2.75) is 19.9 Å². The fourth-order valence-corrected chi connectivity index (χ4v) is 2.42. The molecule has 3 rings (SSSR count). The Balaban J connectivity index is 0.00000300. The average molecular weight is 417 g/mol. The van der Waals surface area contributed by atoms with Crippen molar-refractivity contribution >= 4 is 41.6 Å². The molecule has 0 unspecified atom stereocenters. The van der Waals surface area contributed by atoms with Gasteiger partial charge in [-0.25, -0.2) is 0 Å². The number of hydrogen-bond donors (Lipinski definition) is 3. The molecular weight excluding hydrogens is 392 g/mol. The second-order valence-electron chi connectivity index (χ2n) is 6.31. The first kappa shape index (κ1) is 22.0. The van der Waals surface area contributed by atoms with Gasteiger partial charge < -0.3 is 25.4 Å². The fourth-order valence-electron chi connectivity index (χ4n) is 2.42. The van der Waals surface area contributed by atoms with Gasteiger partial charge in [-0.15, -0.1) is 12.4 Å². The van der Waals surface area contributed by atoms with Crippen molar-refractivity contribution in [1.29, 1.82) is 0 Å². The molecule has 0 atom stereocenters. The average Bonchev–Trinajstić information content (AvgIpc) is 2.68. The van der Waals surface area contributed by atoms with Crippen molar-refractivity contribution < 1.29 is 9.47 Å². The number of halogens is 1. The molecule has 2 aromatic carbocycles. The van der Waals surface area contributed by atoms with Crippen molar-refractivity contribution in [1.82, 2.24) is 15.0 Å². The summed E-state index contributed by atoms with van der Waals surface area (Å²) in [6.07, 6.45) is 0. The van der Waals surface area contributed by atoms with E-state index in [1.807, 2.05) is 62.4 Å². The van der Waals surface area contributed by atoms with Crippen LogP contribution in [-0.2, 0) is 0 Å². The molecule has 0 spiro atoms. The van der Waals surface area contributed by atoms with Gasteiger partial charge in [0.2, 0.25) is 17.8 Å². The summed E-state index contributed by atoms with van der Waals surface area (Å²) in [5.74, 6) is 2.91. The number of anilines is 5. The molecule has 0 saturated carbocycles. The Morgan fingerprint density at radius 1 is 0.655 bits per heavy atom. The maximum atomic E-state index is 5.19. The summed E-state index contributed by atoms with van der Waals surface area (Å²) in [6.45, 7) is 4.05. The smallest absolute Gasteiger partial charge is 0.233 e. The number of nitrogens with zero attached hydrogens (tertiary/aromatic N) is 3. The molecule has 0 aliphatic rings. The summed E-state index contributed by atoms with van der Waals surface area (Å²) in [4.78, 5) is 13.4. The zero-order valence-corrected chi connectivity index (χ0v) is 17.6. The van der Waals surface area contributed by atoms with E-state index in [4.69, 9.17) is 9.47 Å². The van der Waals surface area contributed by atoms with Crippen LogP contribution in [0.3, 0.4) is 0 Å². The minimum Gasteiger partial charge on any atom is -0.497 e. The molecule has 1 aromatic heterocycles. The van der Waals surface area contributed by atoms with Crippen LogP contribution in [0, 0.1) is 0 Å². The second-order valence-corrected chi connectivity index (χ2v) is 6.31. The lowest BCUT2D eigenvalue weighted by Gasteiger charge is -2.13. The maximum Gasteiger partial charge on any atom is 0.233 e. The number of ether oxygens (including phenoxy) is 2. The Labute approximate surface area is 176 Å². The molecule has 0 aliphatic carbocycles. The molecule has 0 radical (unpaired) electrons. The molecule has 0 saturated heterocycles. The van der Waals surface area contributed by atoms with Crippen LogP contribution in [0.4, 0.5) is 29.2 Å². The highest BCUT2D eigenvalue weighted by molar-refractivity contribution is 5.85. The zero-order valence-electron chi connectivity index (χ0n) is 16.8. The lowest BCUT2D eigenvalue weighted by Crippen LogP contribution is -2.15. The van der Waals surface area contributed by atoms with Gasteiger partial charge in [0.25, 0.3) is 0 Å². The molecule has 3 N–H and O–H groups in total. The van der Waals surface area contributed by atoms with Crippen LogP contribution in [0.25, 0.3) is 0 Å². The van der Waals surface area contributed by atoms with Crippen LogP contribution in [0.1, 0.15) is 13.8 Å². The Morgan fingerprint density at radius 3 is 1.38 bits per heavy atom. The lowest BCUT2D eigenvalue weighted by molar-refractivity contribution is 0.415. The molecule has 9 heteroatoms. The Bertz CT molecular complexity index is 836. The third-order valence-corrected chi connectivity index (χ3v) is 3.75. The predicted molar refractivity (Wildman–Crippen MR) is 118 cm³/mol. The standard InChI is InChI=1S/C20H24N6O2.ClH/c1-13(2)21-18-24-19(22-14-5-9-16(27-3)10-6-14)26-20(25-18)23-15-7-11-17(28-4)12-8-15;/h5-13H,1-4H3,(H3,21,22,23,24,25,26);1H. The largest absolute Gasteiger partial charge is 0.497 e. The molecule has 0 aliphatic heterocycles.